The predicted octanol–water partition coefficient (Wildman–Crippen LogP) is 12.4. The molecule has 10 heteroatoms. The largest absolute Gasteiger partial charge is 0.459 e. The van der Waals surface area contributed by atoms with Crippen molar-refractivity contribution in [2.24, 2.45) is 28.8 Å². The van der Waals surface area contributed by atoms with Gasteiger partial charge in [0.05, 0.1) is 24.8 Å². The second-order valence-electron chi connectivity index (χ2n) is 20.4. The minimum Gasteiger partial charge on any atom is -0.459 e. The van der Waals surface area contributed by atoms with E-state index in [1.54, 1.807) is 6.08 Å². The molecule has 4 aromatic rings. The van der Waals surface area contributed by atoms with Crippen molar-refractivity contribution in [1.29, 1.82) is 0 Å². The highest BCUT2D eigenvalue weighted by Crippen LogP contribution is 2.62. The Morgan fingerprint density at radius 1 is 0.870 bits per heavy atom. The summed E-state index contributed by atoms with van der Waals surface area (Å²) < 4.78 is 27.8. The lowest BCUT2D eigenvalue weighted by Crippen LogP contribution is -2.70. The molecule has 2 N–H and O–H groups in total. The third kappa shape index (κ3) is 10.8. The van der Waals surface area contributed by atoms with Crippen molar-refractivity contribution in [1.82, 2.24) is 4.90 Å². The van der Waals surface area contributed by atoms with Crippen LogP contribution in [0, 0.1) is 37.5 Å². The van der Waals surface area contributed by atoms with E-state index in [1.165, 1.54) is 18.4 Å². The number of carbonyl (C=O) groups is 1. The molecular formula is C59H74N2O8. The number of aliphatic hydroxyl groups excluding tert-OH is 2. The molecule has 368 valence electrons. The van der Waals surface area contributed by atoms with E-state index in [0.29, 0.717) is 56.3 Å². The number of benzene rings is 4. The molecule has 4 aromatic carbocycles. The van der Waals surface area contributed by atoms with Gasteiger partial charge in [0.2, 0.25) is 18.0 Å². The Morgan fingerprint density at radius 3 is 2.42 bits per heavy atom. The Morgan fingerprint density at radius 2 is 1.64 bits per heavy atom. The van der Waals surface area contributed by atoms with Crippen LogP contribution in [0.15, 0.2) is 108 Å². The molecule has 3 aliphatic carbocycles. The molecule has 1 saturated heterocycles. The number of oxime groups is 1. The minimum atomic E-state index is -1.37. The number of allylic oxidation sites excluding steroid dienone is 1. The summed E-state index contributed by atoms with van der Waals surface area (Å²) in [6.07, 6.45) is 17.6. The van der Waals surface area contributed by atoms with E-state index < -0.39 is 24.0 Å². The highest BCUT2D eigenvalue weighted by Gasteiger charge is 2.65. The van der Waals surface area contributed by atoms with Gasteiger partial charge in [-0.15, -0.1) is 6.58 Å². The van der Waals surface area contributed by atoms with Crippen LogP contribution < -0.4 is 9.47 Å². The third-order valence-electron chi connectivity index (χ3n) is 15.9. The average molecular weight is 939 g/mol. The summed E-state index contributed by atoms with van der Waals surface area (Å²) in [5.74, 6) is 0.999. The molecule has 69 heavy (non-hydrogen) atoms. The van der Waals surface area contributed by atoms with Crippen LogP contribution in [0.5, 0.6) is 17.2 Å². The molecule has 7 unspecified atom stereocenters. The van der Waals surface area contributed by atoms with Gasteiger partial charge >= 0.3 is 0 Å². The van der Waals surface area contributed by atoms with Crippen LogP contribution in [-0.4, -0.2) is 71.3 Å². The number of carbonyl (C=O) groups excluding carboxylic acids is 1. The second-order valence-corrected chi connectivity index (χ2v) is 20.4. The van der Waals surface area contributed by atoms with Gasteiger partial charge in [0, 0.05) is 50.5 Å². The van der Waals surface area contributed by atoms with Gasteiger partial charge in [-0.3, -0.25) is 4.79 Å². The van der Waals surface area contributed by atoms with E-state index >= 15 is 4.79 Å². The topological polar surface area (TPSA) is 119 Å². The van der Waals surface area contributed by atoms with Gasteiger partial charge in [-0.2, -0.15) is 0 Å². The highest BCUT2D eigenvalue weighted by molar-refractivity contribution is 6.03. The fraction of sp³-hybridized carbons (Fsp3) is 0.525. The standard InChI is InChI=1S/C59H74N2O8/c1-4-33-66-59-54(61(55(64)30-26-42-16-5-6-17-42)39-45-21-15-20-43-18-7-8-22-48(43)45)38-52(60-69-56-24-11-14-34-65-56)50-36-44(19-9-12-31-62)49(23-10-13-32-63)57(58(50)59)51-37-47(28-29-53(51)68-59)67-46-27-25-40(2)41(3)35-46/h4,7-8,15,18,20-22,25,27-29,35-37,42,44,49,54,56-58,62-63H,1,5-6,9-14,16-17,19,23-24,26,30-34,38-39H2,2-3H3. The molecule has 2 saturated carbocycles. The molecule has 0 radical (unpaired) electrons. The quantitative estimate of drug-likeness (QED) is 0.0482. The zero-order chi connectivity index (χ0) is 47.7. The summed E-state index contributed by atoms with van der Waals surface area (Å²) in [6, 6.07) is 26.5. The third-order valence-corrected chi connectivity index (χ3v) is 15.9. The fourth-order valence-corrected chi connectivity index (χ4v) is 12.3. The number of aryl methyl sites for hydroxylation is 2. The number of hydrogen-bond donors (Lipinski definition) is 2. The maximum absolute atomic E-state index is 15.6. The molecule has 0 bridgehead atoms. The van der Waals surface area contributed by atoms with Crippen molar-refractivity contribution < 1.29 is 38.8 Å². The number of nitrogens with zero attached hydrogens (tertiary/aromatic N) is 2. The second kappa shape index (κ2) is 22.8. The van der Waals surface area contributed by atoms with Crippen molar-refractivity contribution in [3.63, 3.8) is 0 Å². The van der Waals surface area contributed by atoms with E-state index in [4.69, 9.17) is 28.9 Å². The highest BCUT2D eigenvalue weighted by atomic mass is 16.8. The first-order valence-electron chi connectivity index (χ1n) is 26.2. The van der Waals surface area contributed by atoms with E-state index in [1.807, 2.05) is 18.2 Å². The van der Waals surface area contributed by atoms with Gasteiger partial charge < -0.3 is 38.9 Å². The Kier molecular flexibility index (Phi) is 16.2. The summed E-state index contributed by atoms with van der Waals surface area (Å²) in [7, 11) is 0. The number of rotatable bonds is 21. The van der Waals surface area contributed by atoms with Crippen molar-refractivity contribution in [3.05, 3.63) is 125 Å². The van der Waals surface area contributed by atoms with Gasteiger partial charge in [0.25, 0.3) is 0 Å². The fourth-order valence-electron chi connectivity index (χ4n) is 12.3. The summed E-state index contributed by atoms with van der Waals surface area (Å²) in [4.78, 5) is 24.1. The molecule has 0 aromatic heterocycles. The van der Waals surface area contributed by atoms with Crippen LogP contribution in [0.3, 0.4) is 0 Å². The van der Waals surface area contributed by atoms with Crippen LogP contribution in [-0.2, 0) is 25.7 Å². The number of aliphatic hydroxyl groups is 2. The Bertz CT molecular complexity index is 2450. The van der Waals surface area contributed by atoms with Gasteiger partial charge in [0.15, 0.2) is 0 Å². The smallest absolute Gasteiger partial charge is 0.239 e. The molecule has 9 rings (SSSR count). The maximum Gasteiger partial charge on any atom is 0.239 e. The van der Waals surface area contributed by atoms with Gasteiger partial charge in [-0.05, 0) is 140 Å². The average Bonchev–Trinajstić information content (AvgIpc) is 3.90. The van der Waals surface area contributed by atoms with Crippen molar-refractivity contribution in [3.8, 4) is 17.2 Å². The first-order valence-corrected chi connectivity index (χ1v) is 26.2. The van der Waals surface area contributed by atoms with E-state index in [9.17, 15) is 10.2 Å². The lowest BCUT2D eigenvalue weighted by atomic mass is 9.55. The van der Waals surface area contributed by atoms with Crippen LogP contribution in [0.1, 0.15) is 131 Å². The minimum absolute atomic E-state index is 0.0741. The van der Waals surface area contributed by atoms with Crippen LogP contribution in [0.2, 0.25) is 0 Å². The number of hydrogen-bond acceptors (Lipinski definition) is 9. The molecule has 5 aliphatic rings. The number of fused-ring (bicyclic) bond motifs is 3. The molecule has 3 fully saturated rings. The SMILES string of the molecule is C=CCOC12Oc3ccc(Oc4ccc(C)c(C)c4)cc3C3C(CCCCO)C(CCCCO)C=C(C(=NOC4CCCCO4)CC1N(Cc1cccc4ccccc14)C(=O)CCC1CCCC1)C32. The van der Waals surface area contributed by atoms with E-state index in [2.05, 4.69) is 92.1 Å². The van der Waals surface area contributed by atoms with E-state index in [-0.39, 0.29) is 43.5 Å². The van der Waals surface area contributed by atoms with E-state index in [0.717, 1.165) is 109 Å². The Labute approximate surface area is 409 Å². The predicted molar refractivity (Wildman–Crippen MR) is 271 cm³/mol. The van der Waals surface area contributed by atoms with Crippen molar-refractivity contribution >= 4 is 22.4 Å². The zero-order valence-corrected chi connectivity index (χ0v) is 41.0. The normalized spacial score (nSPS) is 25.9. The first-order chi connectivity index (χ1) is 33.8. The summed E-state index contributed by atoms with van der Waals surface area (Å²) in [6.45, 7) is 9.78. The monoisotopic (exact) mass is 939 g/mol. The van der Waals surface area contributed by atoms with Gasteiger partial charge in [-0.25, -0.2) is 0 Å². The molecule has 2 heterocycles. The van der Waals surface area contributed by atoms with Crippen LogP contribution in [0.4, 0.5) is 0 Å². The number of ether oxygens (including phenoxy) is 4. The number of unbranched alkanes of at least 4 members (excludes halogenated alkanes) is 2. The summed E-state index contributed by atoms with van der Waals surface area (Å²) in [5, 5.41) is 27.6. The zero-order valence-electron chi connectivity index (χ0n) is 41.0. The first kappa shape index (κ1) is 49.0. The van der Waals surface area contributed by atoms with Gasteiger partial charge in [0.1, 0.15) is 23.3 Å². The summed E-state index contributed by atoms with van der Waals surface area (Å²) in [5.41, 5.74) is 6.23. The summed E-state index contributed by atoms with van der Waals surface area (Å²) >= 11 is 0. The maximum atomic E-state index is 15.6. The van der Waals surface area contributed by atoms with Crippen LogP contribution >= 0.6 is 0 Å². The molecular weight excluding hydrogens is 865 g/mol. The molecule has 0 spiro atoms. The Balaban J connectivity index is 1.25. The number of amides is 1. The lowest BCUT2D eigenvalue weighted by molar-refractivity contribution is -0.258. The Hall–Kier alpha value is -5.00. The molecule has 10 nitrogen and oxygen atoms in total. The van der Waals surface area contributed by atoms with Crippen molar-refractivity contribution in [2.45, 2.75) is 147 Å². The van der Waals surface area contributed by atoms with Crippen LogP contribution in [0.25, 0.3) is 10.8 Å². The van der Waals surface area contributed by atoms with Crippen molar-refractivity contribution in [2.75, 3.05) is 26.4 Å². The molecule has 7 atom stereocenters. The molecule has 1 amide bonds. The van der Waals surface area contributed by atoms with Gasteiger partial charge in [-0.1, -0.05) is 104 Å². The lowest BCUT2D eigenvalue weighted by Gasteiger charge is -2.60. The molecule has 2 aliphatic heterocycles.